The highest BCUT2D eigenvalue weighted by molar-refractivity contribution is 7.89. The van der Waals surface area contributed by atoms with E-state index in [0.717, 1.165) is 12.1 Å². The largest absolute Gasteiger partial charge is 0.392 e. The SMILES string of the molecule is CC(CNS(=O)(=O)c1ccc(F)c(CO)c1)C(C)(C)C. The Balaban J connectivity index is 2.90. The highest BCUT2D eigenvalue weighted by Crippen LogP contribution is 2.25. The van der Waals surface area contributed by atoms with Gasteiger partial charge in [0.05, 0.1) is 11.5 Å². The van der Waals surface area contributed by atoms with E-state index in [1.54, 1.807) is 0 Å². The molecule has 20 heavy (non-hydrogen) atoms. The standard InChI is InChI=1S/C14H22FNO3S/c1-10(14(2,3)4)8-16-20(18,19)12-5-6-13(15)11(7-12)9-17/h5-7,10,16-17H,8-9H2,1-4H3. The van der Waals surface area contributed by atoms with Gasteiger partial charge in [0.15, 0.2) is 0 Å². The maximum Gasteiger partial charge on any atom is 0.240 e. The summed E-state index contributed by atoms with van der Waals surface area (Å²) >= 11 is 0. The maximum atomic E-state index is 13.3. The first-order valence-corrected chi connectivity index (χ1v) is 7.95. The molecule has 0 radical (unpaired) electrons. The zero-order valence-electron chi connectivity index (χ0n) is 12.3. The molecule has 1 atom stereocenters. The molecule has 2 N–H and O–H groups in total. The van der Waals surface area contributed by atoms with Gasteiger partial charge in [-0.05, 0) is 29.5 Å². The summed E-state index contributed by atoms with van der Waals surface area (Å²) in [6.45, 7) is 7.84. The number of rotatable bonds is 5. The quantitative estimate of drug-likeness (QED) is 0.877. The van der Waals surface area contributed by atoms with Crippen LogP contribution in [0.1, 0.15) is 33.3 Å². The van der Waals surface area contributed by atoms with Crippen molar-refractivity contribution >= 4 is 10.0 Å². The molecule has 0 aliphatic heterocycles. The molecule has 1 unspecified atom stereocenters. The van der Waals surface area contributed by atoms with Crippen LogP contribution in [0.15, 0.2) is 23.1 Å². The van der Waals surface area contributed by atoms with Crippen LogP contribution >= 0.6 is 0 Å². The Morgan fingerprint density at radius 2 is 1.95 bits per heavy atom. The van der Waals surface area contributed by atoms with Gasteiger partial charge in [0.2, 0.25) is 10.0 Å². The monoisotopic (exact) mass is 303 g/mol. The van der Waals surface area contributed by atoms with Crippen molar-refractivity contribution in [2.24, 2.45) is 11.3 Å². The average Bonchev–Trinajstić information content (AvgIpc) is 2.35. The van der Waals surface area contributed by atoms with E-state index in [9.17, 15) is 12.8 Å². The minimum Gasteiger partial charge on any atom is -0.392 e. The first kappa shape index (κ1) is 17.1. The van der Waals surface area contributed by atoms with Crippen molar-refractivity contribution < 1.29 is 17.9 Å². The summed E-state index contributed by atoms with van der Waals surface area (Å²) in [5.74, 6) is -0.468. The molecule has 0 saturated carbocycles. The zero-order valence-corrected chi connectivity index (χ0v) is 13.1. The van der Waals surface area contributed by atoms with Crippen LogP contribution in [0, 0.1) is 17.2 Å². The van der Waals surface area contributed by atoms with Gasteiger partial charge >= 0.3 is 0 Å². The van der Waals surface area contributed by atoms with Gasteiger partial charge in [-0.1, -0.05) is 27.7 Å². The Kier molecular flexibility index (Phi) is 5.29. The van der Waals surface area contributed by atoms with Crippen molar-refractivity contribution in [3.63, 3.8) is 0 Å². The molecule has 0 aromatic heterocycles. The molecule has 0 spiro atoms. The fraction of sp³-hybridized carbons (Fsp3) is 0.571. The molecule has 0 fully saturated rings. The molecule has 0 amide bonds. The Morgan fingerprint density at radius 3 is 2.45 bits per heavy atom. The second kappa shape index (κ2) is 6.20. The van der Waals surface area contributed by atoms with Crippen molar-refractivity contribution in [2.75, 3.05) is 6.54 Å². The lowest BCUT2D eigenvalue weighted by atomic mass is 9.82. The van der Waals surface area contributed by atoms with Crippen molar-refractivity contribution in [1.29, 1.82) is 0 Å². The van der Waals surface area contributed by atoms with Crippen LogP contribution in [0.2, 0.25) is 0 Å². The van der Waals surface area contributed by atoms with Crippen molar-refractivity contribution in [3.8, 4) is 0 Å². The fourth-order valence-electron chi connectivity index (χ4n) is 1.46. The molecule has 0 aliphatic rings. The predicted octanol–water partition coefficient (Wildman–Crippen LogP) is 2.28. The third-order valence-corrected chi connectivity index (χ3v) is 4.98. The first-order valence-electron chi connectivity index (χ1n) is 6.47. The molecular formula is C14H22FNO3S. The lowest BCUT2D eigenvalue weighted by Crippen LogP contribution is -2.33. The molecule has 1 aromatic carbocycles. The molecule has 4 nitrogen and oxygen atoms in total. The summed E-state index contributed by atoms with van der Waals surface area (Å²) in [4.78, 5) is -0.0379. The summed E-state index contributed by atoms with van der Waals surface area (Å²) in [5, 5.41) is 8.98. The molecule has 6 heteroatoms. The number of halogens is 1. The van der Waals surface area contributed by atoms with Crippen LogP contribution in [-0.4, -0.2) is 20.1 Å². The smallest absolute Gasteiger partial charge is 0.240 e. The van der Waals surface area contributed by atoms with Crippen LogP contribution < -0.4 is 4.72 Å². The fourth-order valence-corrected chi connectivity index (χ4v) is 2.64. The summed E-state index contributed by atoms with van der Waals surface area (Å²) in [7, 11) is -3.69. The van der Waals surface area contributed by atoms with Crippen molar-refractivity contribution in [2.45, 2.75) is 39.2 Å². The molecule has 1 rings (SSSR count). The van der Waals surface area contributed by atoms with Crippen LogP contribution in [-0.2, 0) is 16.6 Å². The Hall–Kier alpha value is -0.980. The third-order valence-electron chi connectivity index (χ3n) is 3.56. The number of aliphatic hydroxyl groups is 1. The number of sulfonamides is 1. The maximum absolute atomic E-state index is 13.3. The van der Waals surface area contributed by atoms with Gasteiger partial charge in [-0.3, -0.25) is 0 Å². The van der Waals surface area contributed by atoms with E-state index in [4.69, 9.17) is 5.11 Å². The van der Waals surface area contributed by atoms with Crippen LogP contribution in [0.5, 0.6) is 0 Å². The Bertz CT molecular complexity index is 564. The number of aliphatic hydroxyl groups excluding tert-OH is 1. The summed E-state index contributed by atoms with van der Waals surface area (Å²) < 4.78 is 40.0. The van der Waals surface area contributed by atoms with Gasteiger partial charge < -0.3 is 5.11 Å². The molecule has 0 bridgehead atoms. The lowest BCUT2D eigenvalue weighted by Gasteiger charge is -2.27. The Labute approximate surface area is 120 Å². The van der Waals surface area contributed by atoms with E-state index >= 15 is 0 Å². The van der Waals surface area contributed by atoms with Gasteiger partial charge in [0, 0.05) is 12.1 Å². The number of nitrogens with one attached hydrogen (secondary N) is 1. The molecule has 0 saturated heterocycles. The predicted molar refractivity (Wildman–Crippen MR) is 76.1 cm³/mol. The number of benzene rings is 1. The number of hydrogen-bond acceptors (Lipinski definition) is 3. The normalized spacial score (nSPS) is 14.3. The van der Waals surface area contributed by atoms with E-state index in [1.807, 2.05) is 27.7 Å². The molecule has 1 aromatic rings. The second-order valence-corrected chi connectivity index (χ2v) is 7.80. The van der Waals surface area contributed by atoms with E-state index in [2.05, 4.69) is 4.72 Å². The number of hydrogen-bond donors (Lipinski definition) is 2. The van der Waals surface area contributed by atoms with Gasteiger partial charge in [-0.25, -0.2) is 17.5 Å². The highest BCUT2D eigenvalue weighted by atomic mass is 32.2. The second-order valence-electron chi connectivity index (χ2n) is 6.03. The summed E-state index contributed by atoms with van der Waals surface area (Å²) in [5.41, 5.74) is -0.0431. The van der Waals surface area contributed by atoms with Gasteiger partial charge in [-0.2, -0.15) is 0 Å². The lowest BCUT2D eigenvalue weighted by molar-refractivity contribution is 0.263. The topological polar surface area (TPSA) is 66.4 Å². The Morgan fingerprint density at radius 1 is 1.35 bits per heavy atom. The third kappa shape index (κ3) is 4.26. The highest BCUT2D eigenvalue weighted by Gasteiger charge is 2.23. The molecular weight excluding hydrogens is 281 g/mol. The van der Waals surface area contributed by atoms with Crippen LogP contribution in [0.3, 0.4) is 0 Å². The van der Waals surface area contributed by atoms with Crippen molar-refractivity contribution in [1.82, 2.24) is 4.72 Å². The first-order chi connectivity index (χ1) is 9.08. The van der Waals surface area contributed by atoms with E-state index in [-0.39, 0.29) is 21.8 Å². The van der Waals surface area contributed by atoms with Crippen LogP contribution in [0.4, 0.5) is 4.39 Å². The molecule has 0 aliphatic carbocycles. The van der Waals surface area contributed by atoms with E-state index in [1.165, 1.54) is 6.07 Å². The summed E-state index contributed by atoms with van der Waals surface area (Å²) in [6, 6.07) is 3.39. The van der Waals surface area contributed by atoms with Gasteiger partial charge in [0.1, 0.15) is 5.82 Å². The average molecular weight is 303 g/mol. The molecule has 114 valence electrons. The minimum atomic E-state index is -3.69. The van der Waals surface area contributed by atoms with E-state index < -0.39 is 22.4 Å². The van der Waals surface area contributed by atoms with Gasteiger partial charge in [-0.15, -0.1) is 0 Å². The minimum absolute atomic E-state index is 0.0123. The zero-order chi connectivity index (χ0) is 15.6. The molecule has 0 heterocycles. The summed E-state index contributed by atoms with van der Waals surface area (Å²) in [6.07, 6.45) is 0. The van der Waals surface area contributed by atoms with Gasteiger partial charge in [0.25, 0.3) is 0 Å². The van der Waals surface area contributed by atoms with E-state index in [0.29, 0.717) is 6.54 Å². The van der Waals surface area contributed by atoms with Crippen LogP contribution in [0.25, 0.3) is 0 Å². The van der Waals surface area contributed by atoms with Crippen molar-refractivity contribution in [3.05, 3.63) is 29.6 Å².